The summed E-state index contributed by atoms with van der Waals surface area (Å²) < 4.78 is 4.81. The molecule has 5 heteroatoms. The van der Waals surface area contributed by atoms with Crippen molar-refractivity contribution in [2.45, 2.75) is 26.7 Å². The molecule has 0 aromatic heterocycles. The number of unbranched alkanes of at least 4 members (excludes halogenated alkanes) is 1. The molecule has 16 heavy (non-hydrogen) atoms. The highest BCUT2D eigenvalue weighted by molar-refractivity contribution is 5.86. The van der Waals surface area contributed by atoms with Crippen LogP contribution < -0.4 is 0 Å². The summed E-state index contributed by atoms with van der Waals surface area (Å²) in [6.45, 7) is 10.6. The normalized spacial score (nSPS) is 7.62. The van der Waals surface area contributed by atoms with Gasteiger partial charge in [-0.25, -0.2) is 9.59 Å². The number of carbonyl (C=O) groups excluding carboxylic acids is 1. The SMILES string of the molecule is C=C(C)C(=O)OCCCC.C=CC(=O)O.[SiH4]. The molecule has 0 amide bonds. The first-order chi connectivity index (χ1) is 6.95. The monoisotopic (exact) mass is 246 g/mol. The van der Waals surface area contributed by atoms with E-state index in [0.717, 1.165) is 18.9 Å². The Labute approximate surface area is 101 Å². The zero-order valence-electron chi connectivity index (χ0n) is 9.28. The summed E-state index contributed by atoms with van der Waals surface area (Å²) in [6.07, 6.45) is 2.81. The minimum absolute atomic E-state index is 0. The Hall–Kier alpha value is -1.36. The molecular formula is C11H22O4Si. The van der Waals surface area contributed by atoms with Gasteiger partial charge in [0.2, 0.25) is 0 Å². The Kier molecular flexibility index (Phi) is 17.1. The molecule has 0 radical (unpaired) electrons. The van der Waals surface area contributed by atoms with Crippen LogP contribution in [0.3, 0.4) is 0 Å². The number of carboxylic acids is 1. The summed E-state index contributed by atoms with van der Waals surface area (Å²) in [5, 5.41) is 7.60. The number of carbonyl (C=O) groups is 2. The molecule has 0 rings (SSSR count). The second-order valence-corrected chi connectivity index (χ2v) is 2.81. The molecule has 4 nitrogen and oxygen atoms in total. The van der Waals surface area contributed by atoms with Crippen LogP contribution in [0.4, 0.5) is 0 Å². The molecule has 1 N–H and O–H groups in total. The number of rotatable bonds is 5. The fourth-order valence-corrected chi connectivity index (χ4v) is 0.432. The molecule has 0 atom stereocenters. The predicted molar refractivity (Wildman–Crippen MR) is 69.8 cm³/mol. The third kappa shape index (κ3) is 18.4. The number of esters is 1. The van der Waals surface area contributed by atoms with E-state index in [0.29, 0.717) is 12.2 Å². The lowest BCUT2D eigenvalue weighted by atomic mass is 10.3. The van der Waals surface area contributed by atoms with Gasteiger partial charge in [-0.15, -0.1) is 0 Å². The van der Waals surface area contributed by atoms with Crippen molar-refractivity contribution in [3.8, 4) is 0 Å². The number of aliphatic carboxylic acids is 1. The van der Waals surface area contributed by atoms with Crippen LogP contribution in [0.2, 0.25) is 0 Å². The van der Waals surface area contributed by atoms with Crippen molar-refractivity contribution in [3.05, 3.63) is 24.8 Å². The summed E-state index contributed by atoms with van der Waals surface area (Å²) in [5.41, 5.74) is 0.469. The molecule has 0 spiro atoms. The molecular weight excluding hydrogens is 224 g/mol. The summed E-state index contributed by atoms with van der Waals surface area (Å²) in [4.78, 5) is 19.9. The minimum atomic E-state index is -0.981. The number of hydrogen-bond donors (Lipinski definition) is 1. The lowest BCUT2D eigenvalue weighted by Gasteiger charge is -2.01. The summed E-state index contributed by atoms with van der Waals surface area (Å²) in [7, 11) is 0. The largest absolute Gasteiger partial charge is 0.478 e. The first-order valence-corrected chi connectivity index (χ1v) is 4.63. The second kappa shape index (κ2) is 13.6. The molecule has 0 bridgehead atoms. The highest BCUT2D eigenvalue weighted by Crippen LogP contribution is 1.94. The average molecular weight is 246 g/mol. The molecule has 0 saturated heterocycles. The maximum atomic E-state index is 10.7. The fraction of sp³-hybridized carbons (Fsp3) is 0.455. The molecule has 0 aliphatic carbocycles. The van der Waals surface area contributed by atoms with Crippen molar-refractivity contribution in [2.75, 3.05) is 6.61 Å². The Morgan fingerprint density at radius 3 is 2.12 bits per heavy atom. The van der Waals surface area contributed by atoms with Crippen LogP contribution in [0.15, 0.2) is 24.8 Å². The molecule has 0 aliphatic heterocycles. The quantitative estimate of drug-likeness (QED) is 0.336. The maximum Gasteiger partial charge on any atom is 0.333 e. The summed E-state index contributed by atoms with van der Waals surface area (Å²) >= 11 is 0. The third-order valence-electron chi connectivity index (χ3n) is 1.25. The van der Waals surface area contributed by atoms with Gasteiger partial charge in [0.25, 0.3) is 0 Å². The highest BCUT2D eigenvalue weighted by Gasteiger charge is 2.00. The van der Waals surface area contributed by atoms with Gasteiger partial charge in [-0.2, -0.15) is 0 Å². The van der Waals surface area contributed by atoms with Crippen molar-refractivity contribution in [1.29, 1.82) is 0 Å². The number of hydrogen-bond acceptors (Lipinski definition) is 3. The van der Waals surface area contributed by atoms with Gasteiger partial charge in [-0.05, 0) is 24.3 Å². The van der Waals surface area contributed by atoms with E-state index in [1.54, 1.807) is 6.92 Å². The zero-order valence-corrected chi connectivity index (χ0v) is 9.28. The third-order valence-corrected chi connectivity index (χ3v) is 1.25. The molecule has 94 valence electrons. The summed E-state index contributed by atoms with van der Waals surface area (Å²) in [5.74, 6) is -1.27. The van der Waals surface area contributed by atoms with Crippen LogP contribution in [-0.4, -0.2) is 34.6 Å². The molecule has 0 aromatic rings. The van der Waals surface area contributed by atoms with E-state index in [4.69, 9.17) is 9.84 Å². The van der Waals surface area contributed by atoms with Gasteiger partial charge < -0.3 is 9.84 Å². The van der Waals surface area contributed by atoms with Crippen LogP contribution in [0, 0.1) is 0 Å². The van der Waals surface area contributed by atoms with E-state index in [2.05, 4.69) is 20.1 Å². The number of ether oxygens (including phenoxy) is 1. The summed E-state index contributed by atoms with van der Waals surface area (Å²) in [6, 6.07) is 0. The van der Waals surface area contributed by atoms with Crippen LogP contribution in [0.5, 0.6) is 0 Å². The van der Waals surface area contributed by atoms with Crippen molar-refractivity contribution in [2.24, 2.45) is 0 Å². The van der Waals surface area contributed by atoms with Crippen molar-refractivity contribution >= 4 is 22.9 Å². The molecule has 0 heterocycles. The second-order valence-electron chi connectivity index (χ2n) is 2.81. The van der Waals surface area contributed by atoms with E-state index in [9.17, 15) is 9.59 Å². The van der Waals surface area contributed by atoms with Crippen molar-refractivity contribution < 1.29 is 19.4 Å². The first kappa shape index (κ1) is 20.1. The van der Waals surface area contributed by atoms with Gasteiger partial charge in [0.1, 0.15) is 0 Å². The molecule has 0 aromatic carbocycles. The van der Waals surface area contributed by atoms with Crippen LogP contribution in [-0.2, 0) is 14.3 Å². The maximum absolute atomic E-state index is 10.7. The van der Waals surface area contributed by atoms with Gasteiger partial charge in [0.05, 0.1) is 6.61 Å². The van der Waals surface area contributed by atoms with E-state index >= 15 is 0 Å². The first-order valence-electron chi connectivity index (χ1n) is 4.63. The highest BCUT2D eigenvalue weighted by atomic mass is 28.1. The van der Waals surface area contributed by atoms with E-state index in [1.807, 2.05) is 0 Å². The lowest BCUT2D eigenvalue weighted by molar-refractivity contribution is -0.139. The van der Waals surface area contributed by atoms with Crippen LogP contribution >= 0.6 is 0 Å². The molecule has 0 fully saturated rings. The van der Waals surface area contributed by atoms with E-state index < -0.39 is 5.97 Å². The number of carboxylic acid groups (broad SMARTS) is 1. The Morgan fingerprint density at radius 1 is 1.44 bits per heavy atom. The predicted octanol–water partition coefficient (Wildman–Crippen LogP) is 0.711. The Balaban J connectivity index is -0.000000242. The average Bonchev–Trinajstić information content (AvgIpc) is 2.18. The topological polar surface area (TPSA) is 63.6 Å². The lowest BCUT2D eigenvalue weighted by Crippen LogP contribution is -2.05. The van der Waals surface area contributed by atoms with Crippen molar-refractivity contribution in [3.63, 3.8) is 0 Å². The fourth-order valence-electron chi connectivity index (χ4n) is 0.432. The standard InChI is InChI=1S/C8H14O2.C3H4O2.H4Si/c1-4-5-6-10-8(9)7(2)3;1-2-3(4)5;/h2,4-6H2,1,3H3;2H,1H2,(H,4,5);1H4. The molecule has 0 unspecified atom stereocenters. The Bertz CT molecular complexity index is 236. The molecule has 0 aliphatic rings. The van der Waals surface area contributed by atoms with Gasteiger partial charge in [0, 0.05) is 11.6 Å². The van der Waals surface area contributed by atoms with Gasteiger partial charge in [-0.1, -0.05) is 26.5 Å². The van der Waals surface area contributed by atoms with Crippen LogP contribution in [0.25, 0.3) is 0 Å². The van der Waals surface area contributed by atoms with Gasteiger partial charge >= 0.3 is 11.9 Å². The van der Waals surface area contributed by atoms with E-state index in [-0.39, 0.29) is 16.9 Å². The Morgan fingerprint density at radius 2 is 1.88 bits per heavy atom. The van der Waals surface area contributed by atoms with Gasteiger partial charge in [0.15, 0.2) is 0 Å². The van der Waals surface area contributed by atoms with E-state index in [1.165, 1.54) is 0 Å². The minimum Gasteiger partial charge on any atom is -0.478 e. The van der Waals surface area contributed by atoms with Gasteiger partial charge in [-0.3, -0.25) is 0 Å². The molecule has 0 saturated carbocycles. The smallest absolute Gasteiger partial charge is 0.333 e. The zero-order chi connectivity index (χ0) is 12.3. The van der Waals surface area contributed by atoms with Crippen molar-refractivity contribution in [1.82, 2.24) is 0 Å². The van der Waals surface area contributed by atoms with Crippen LogP contribution in [0.1, 0.15) is 26.7 Å².